The Morgan fingerprint density at radius 1 is 1.30 bits per heavy atom. The monoisotopic (exact) mass is 351 g/mol. The summed E-state index contributed by atoms with van der Waals surface area (Å²) in [6.07, 6.45) is 1.98. The largest absolute Gasteiger partial charge is 0.493 e. The lowest BCUT2D eigenvalue weighted by Gasteiger charge is -2.13. The van der Waals surface area contributed by atoms with Gasteiger partial charge in [-0.2, -0.15) is 0 Å². The molecule has 6 heteroatoms. The molecule has 0 atom stereocenters. The summed E-state index contributed by atoms with van der Waals surface area (Å²) in [4.78, 5) is 13.5. The van der Waals surface area contributed by atoms with E-state index in [1.165, 1.54) is 7.11 Å². The van der Waals surface area contributed by atoms with E-state index in [1.807, 2.05) is 37.4 Å². The van der Waals surface area contributed by atoms with Crippen molar-refractivity contribution in [3.05, 3.63) is 47.0 Å². The Bertz CT molecular complexity index is 706. The third-order valence-electron chi connectivity index (χ3n) is 3.11. The first kappa shape index (κ1) is 17.5. The lowest BCUT2D eigenvalue weighted by molar-refractivity contribution is 0.102. The van der Waals surface area contributed by atoms with Gasteiger partial charge < -0.3 is 14.8 Å². The maximum absolute atomic E-state index is 12.4. The summed E-state index contributed by atoms with van der Waals surface area (Å²) in [5.41, 5.74) is 1.13. The van der Waals surface area contributed by atoms with Gasteiger partial charge in [0.2, 0.25) is 0 Å². The molecule has 0 saturated carbocycles. The van der Waals surface area contributed by atoms with Gasteiger partial charge in [0.15, 0.2) is 11.5 Å². The third-order valence-corrected chi connectivity index (χ3v) is 4.11. The fourth-order valence-electron chi connectivity index (χ4n) is 2.04. The molecule has 2 aromatic carbocycles. The number of ether oxygens (including phenoxy) is 2. The number of halogens is 1. The Hall–Kier alpha value is -1.85. The smallest absolute Gasteiger partial charge is 0.255 e. The molecule has 0 heterocycles. The Morgan fingerprint density at radius 2 is 2.09 bits per heavy atom. The van der Waals surface area contributed by atoms with Crippen LogP contribution in [0.5, 0.6) is 11.5 Å². The third kappa shape index (κ3) is 4.33. The zero-order chi connectivity index (χ0) is 16.8. The van der Waals surface area contributed by atoms with Crippen molar-refractivity contribution in [2.75, 3.05) is 25.3 Å². The van der Waals surface area contributed by atoms with Crippen LogP contribution in [0.15, 0.2) is 41.3 Å². The minimum atomic E-state index is -0.258. The molecule has 23 heavy (non-hydrogen) atoms. The van der Waals surface area contributed by atoms with Crippen molar-refractivity contribution >= 4 is 35.0 Å². The van der Waals surface area contributed by atoms with Crippen molar-refractivity contribution < 1.29 is 14.3 Å². The summed E-state index contributed by atoms with van der Waals surface area (Å²) in [5.74, 6) is 0.617. The summed E-state index contributed by atoms with van der Waals surface area (Å²) in [5, 5.41) is 3.20. The molecule has 1 N–H and O–H groups in total. The molecular weight excluding hydrogens is 334 g/mol. The minimum absolute atomic E-state index is 0.258. The van der Waals surface area contributed by atoms with Gasteiger partial charge in [0.05, 0.1) is 18.7 Å². The van der Waals surface area contributed by atoms with E-state index in [2.05, 4.69) is 5.32 Å². The van der Waals surface area contributed by atoms with Gasteiger partial charge in [-0.25, -0.2) is 0 Å². The van der Waals surface area contributed by atoms with Crippen LogP contribution in [-0.4, -0.2) is 25.9 Å². The summed E-state index contributed by atoms with van der Waals surface area (Å²) in [7, 11) is 1.51. The van der Waals surface area contributed by atoms with Gasteiger partial charge in [0, 0.05) is 16.1 Å². The number of carbonyl (C=O) groups excluding carboxylic acids is 1. The van der Waals surface area contributed by atoms with Crippen LogP contribution in [-0.2, 0) is 0 Å². The van der Waals surface area contributed by atoms with Gasteiger partial charge in [-0.1, -0.05) is 17.7 Å². The van der Waals surface area contributed by atoms with Crippen LogP contribution in [0.4, 0.5) is 5.69 Å². The number of methoxy groups -OCH3 is 1. The maximum Gasteiger partial charge on any atom is 0.255 e. The zero-order valence-corrected chi connectivity index (χ0v) is 14.8. The first-order valence-corrected chi connectivity index (χ1v) is 8.65. The highest BCUT2D eigenvalue weighted by molar-refractivity contribution is 7.98. The summed E-state index contributed by atoms with van der Waals surface area (Å²) < 4.78 is 10.7. The van der Waals surface area contributed by atoms with E-state index in [1.54, 1.807) is 23.9 Å². The van der Waals surface area contributed by atoms with Crippen LogP contribution in [0.3, 0.4) is 0 Å². The summed E-state index contributed by atoms with van der Waals surface area (Å²) in [6, 6.07) is 10.8. The molecule has 0 aliphatic rings. The van der Waals surface area contributed by atoms with Crippen LogP contribution in [0.2, 0.25) is 5.02 Å². The molecular formula is C17H18ClNO3S. The second-order valence-electron chi connectivity index (χ2n) is 4.61. The van der Waals surface area contributed by atoms with Gasteiger partial charge in [-0.15, -0.1) is 11.8 Å². The van der Waals surface area contributed by atoms with Crippen LogP contribution in [0.25, 0.3) is 0 Å². The van der Waals surface area contributed by atoms with E-state index in [-0.39, 0.29) is 5.91 Å². The van der Waals surface area contributed by atoms with E-state index < -0.39 is 0 Å². The van der Waals surface area contributed by atoms with E-state index in [4.69, 9.17) is 21.1 Å². The number of anilines is 1. The molecule has 2 aromatic rings. The Morgan fingerprint density at radius 3 is 2.74 bits per heavy atom. The summed E-state index contributed by atoms with van der Waals surface area (Å²) in [6.45, 7) is 2.32. The normalized spacial score (nSPS) is 10.3. The maximum atomic E-state index is 12.4. The lowest BCUT2D eigenvalue weighted by atomic mass is 10.1. The predicted molar refractivity (Wildman–Crippen MR) is 95.3 cm³/mol. The molecule has 0 spiro atoms. The molecule has 0 radical (unpaired) electrons. The first-order valence-electron chi connectivity index (χ1n) is 7.04. The molecule has 0 aliphatic heterocycles. The molecule has 0 saturated heterocycles. The number of carbonyl (C=O) groups is 1. The highest BCUT2D eigenvalue weighted by atomic mass is 35.5. The van der Waals surface area contributed by atoms with Gasteiger partial charge in [-0.05, 0) is 43.5 Å². The second-order valence-corrected chi connectivity index (χ2v) is 5.90. The zero-order valence-electron chi connectivity index (χ0n) is 13.2. The minimum Gasteiger partial charge on any atom is -0.493 e. The Labute approximate surface area is 145 Å². The molecule has 0 aliphatic carbocycles. The van der Waals surface area contributed by atoms with Crippen molar-refractivity contribution in [2.24, 2.45) is 0 Å². The van der Waals surface area contributed by atoms with Crippen molar-refractivity contribution in [1.29, 1.82) is 0 Å². The fraction of sp³-hybridized carbons (Fsp3) is 0.235. The SMILES string of the molecule is CCOc1c(Cl)cc(C(=O)Nc2cccc(SC)c2)cc1OC. The van der Waals surface area contributed by atoms with Crippen LogP contribution < -0.4 is 14.8 Å². The Kier molecular flexibility index (Phi) is 6.19. The standard InChI is InChI=1S/C17H18ClNO3S/c1-4-22-16-14(18)8-11(9-15(16)21-2)17(20)19-12-6-5-7-13(10-12)23-3/h5-10H,4H2,1-3H3,(H,19,20). The molecule has 0 bridgehead atoms. The molecule has 0 fully saturated rings. The number of amides is 1. The Balaban J connectivity index is 2.26. The average Bonchev–Trinajstić information content (AvgIpc) is 2.56. The van der Waals surface area contributed by atoms with E-state index in [0.29, 0.717) is 28.7 Å². The van der Waals surface area contributed by atoms with E-state index in [0.717, 1.165) is 10.6 Å². The number of hydrogen-bond donors (Lipinski definition) is 1. The number of benzene rings is 2. The second kappa shape index (κ2) is 8.13. The predicted octanol–water partition coefficient (Wildman–Crippen LogP) is 4.72. The number of thioether (sulfide) groups is 1. The topological polar surface area (TPSA) is 47.6 Å². The van der Waals surface area contributed by atoms with Gasteiger partial charge in [0.1, 0.15) is 0 Å². The molecule has 1 amide bonds. The number of hydrogen-bond acceptors (Lipinski definition) is 4. The van der Waals surface area contributed by atoms with Gasteiger partial charge in [0.25, 0.3) is 5.91 Å². The fourth-order valence-corrected chi connectivity index (χ4v) is 2.76. The highest BCUT2D eigenvalue weighted by Gasteiger charge is 2.16. The molecule has 0 unspecified atom stereocenters. The summed E-state index contributed by atoms with van der Waals surface area (Å²) >= 11 is 7.81. The number of rotatable bonds is 6. The quantitative estimate of drug-likeness (QED) is 0.765. The molecule has 2 rings (SSSR count). The lowest BCUT2D eigenvalue weighted by Crippen LogP contribution is -2.12. The first-order chi connectivity index (χ1) is 11.1. The van der Waals surface area contributed by atoms with Crippen molar-refractivity contribution in [3.63, 3.8) is 0 Å². The van der Waals surface area contributed by atoms with Crippen LogP contribution in [0.1, 0.15) is 17.3 Å². The van der Waals surface area contributed by atoms with Gasteiger partial charge in [-0.3, -0.25) is 4.79 Å². The van der Waals surface area contributed by atoms with Crippen molar-refractivity contribution in [2.45, 2.75) is 11.8 Å². The number of nitrogens with one attached hydrogen (secondary N) is 1. The molecule has 4 nitrogen and oxygen atoms in total. The van der Waals surface area contributed by atoms with E-state index >= 15 is 0 Å². The van der Waals surface area contributed by atoms with Crippen LogP contribution >= 0.6 is 23.4 Å². The molecule has 0 aromatic heterocycles. The highest BCUT2D eigenvalue weighted by Crippen LogP contribution is 2.36. The van der Waals surface area contributed by atoms with Crippen molar-refractivity contribution in [3.8, 4) is 11.5 Å². The average molecular weight is 352 g/mol. The van der Waals surface area contributed by atoms with Gasteiger partial charge >= 0.3 is 0 Å². The molecule has 122 valence electrons. The van der Waals surface area contributed by atoms with Crippen LogP contribution in [0, 0.1) is 0 Å². The van der Waals surface area contributed by atoms with Crippen molar-refractivity contribution in [1.82, 2.24) is 0 Å². The van der Waals surface area contributed by atoms with E-state index in [9.17, 15) is 4.79 Å².